The topological polar surface area (TPSA) is 267 Å². The minimum Gasteiger partial charge on any atom is -0.478 e. The molecule has 6 N–H and O–H groups in total. The highest BCUT2D eigenvalue weighted by Crippen LogP contribution is 2.32. The number of ether oxygens (including phenoxy) is 1. The van der Waals surface area contributed by atoms with Gasteiger partial charge in [-0.1, -0.05) is 23.2 Å². The van der Waals surface area contributed by atoms with Gasteiger partial charge in [0.05, 0.1) is 54.6 Å². The summed E-state index contributed by atoms with van der Waals surface area (Å²) >= 11 is 11.4. The van der Waals surface area contributed by atoms with Crippen LogP contribution in [0.3, 0.4) is 0 Å². The van der Waals surface area contributed by atoms with Gasteiger partial charge in [-0.2, -0.15) is 0 Å². The highest BCUT2D eigenvalue weighted by molar-refractivity contribution is 6.39. The molecule has 192 valence electrons. The van der Waals surface area contributed by atoms with Crippen LogP contribution in [0.4, 0.5) is 0 Å². The van der Waals surface area contributed by atoms with Crippen LogP contribution in [0.1, 0.15) is 82.9 Å². The Morgan fingerprint density at radius 3 is 0.919 bits per heavy atom. The predicted molar refractivity (Wildman–Crippen MR) is 114 cm³/mol. The fourth-order valence-corrected chi connectivity index (χ4v) is 3.72. The fourth-order valence-electron chi connectivity index (χ4n) is 2.99. The number of carboxylic acids is 6. The van der Waals surface area contributed by atoms with E-state index in [4.69, 9.17) is 23.2 Å². The third kappa shape index (κ3) is 5.16. The molecule has 0 saturated carbocycles. The average Bonchev–Trinajstić information content (AvgIpc) is 2.75. The van der Waals surface area contributed by atoms with Gasteiger partial charge in [0.15, 0.2) is 0 Å². The minimum absolute atomic E-state index is 0.220. The lowest BCUT2D eigenvalue weighted by Crippen LogP contribution is -2.23. The van der Waals surface area contributed by atoms with Crippen LogP contribution in [0.2, 0.25) is 10.0 Å². The van der Waals surface area contributed by atoms with E-state index in [0.29, 0.717) is 0 Å². The van der Waals surface area contributed by atoms with Crippen molar-refractivity contribution in [2.45, 2.75) is 0 Å². The molecule has 15 nitrogen and oxygen atoms in total. The second-order valence-electron chi connectivity index (χ2n) is 6.58. The number of esters is 2. The zero-order valence-corrected chi connectivity index (χ0v) is 18.8. The van der Waals surface area contributed by atoms with Crippen LogP contribution in [0.15, 0.2) is 12.1 Å². The lowest BCUT2D eigenvalue weighted by Gasteiger charge is -2.14. The first kappa shape index (κ1) is 28.2. The quantitative estimate of drug-likeness (QED) is 0.200. The molecule has 0 atom stereocenters. The second kappa shape index (κ2) is 10.3. The van der Waals surface area contributed by atoms with Crippen LogP contribution >= 0.6 is 23.2 Å². The van der Waals surface area contributed by atoms with Crippen LogP contribution in [0.5, 0.6) is 0 Å². The van der Waals surface area contributed by atoms with Gasteiger partial charge in [0.2, 0.25) is 0 Å². The first-order chi connectivity index (χ1) is 17.0. The molecule has 0 aromatic heterocycles. The van der Waals surface area contributed by atoms with Crippen molar-refractivity contribution in [1.29, 1.82) is 0 Å². The first-order valence-electron chi connectivity index (χ1n) is 8.92. The maximum atomic E-state index is 12.6. The number of carboxylic acid groups (broad SMARTS) is 6. The Bertz CT molecular complexity index is 1360. The Hall–Kier alpha value is -5.02. The number of carbonyl (C=O) groups is 8. The Labute approximate surface area is 211 Å². The fraction of sp³-hybridized carbons (Fsp3) is 0. The van der Waals surface area contributed by atoms with E-state index in [9.17, 15) is 69.0 Å². The molecule has 2 aromatic carbocycles. The van der Waals surface area contributed by atoms with Gasteiger partial charge in [0, 0.05) is 0 Å². The SMILES string of the molecule is O=C(O)c1cc(C(=O)OC(=O)c2cc(C(=O)O)c(C(=O)O)c(Cl)c2C(=O)O)c(C(=O)O)c(Cl)c1C(=O)O. The molecule has 0 spiro atoms. The third-order valence-corrected chi connectivity index (χ3v) is 5.23. The number of carbonyl (C=O) groups excluding carboxylic acids is 2. The second-order valence-corrected chi connectivity index (χ2v) is 7.34. The van der Waals surface area contributed by atoms with E-state index in [1.807, 2.05) is 0 Å². The van der Waals surface area contributed by atoms with Crippen molar-refractivity contribution >= 4 is 71.0 Å². The van der Waals surface area contributed by atoms with E-state index in [2.05, 4.69) is 4.74 Å². The van der Waals surface area contributed by atoms with Gasteiger partial charge in [-0.05, 0) is 12.1 Å². The largest absolute Gasteiger partial charge is 0.478 e. The normalized spacial score (nSPS) is 10.3. The molecule has 0 amide bonds. The van der Waals surface area contributed by atoms with Crippen molar-refractivity contribution in [3.63, 3.8) is 0 Å². The summed E-state index contributed by atoms with van der Waals surface area (Å²) in [6.07, 6.45) is 0. The molecule has 0 unspecified atom stereocenters. The Morgan fingerprint density at radius 1 is 0.459 bits per heavy atom. The van der Waals surface area contributed by atoms with E-state index < -0.39 is 102 Å². The van der Waals surface area contributed by atoms with Gasteiger partial charge in [-0.15, -0.1) is 0 Å². The van der Waals surface area contributed by atoms with E-state index in [1.54, 1.807) is 0 Å². The molecule has 0 bridgehead atoms. The van der Waals surface area contributed by atoms with Gasteiger partial charge in [-0.25, -0.2) is 38.4 Å². The van der Waals surface area contributed by atoms with E-state index in [0.717, 1.165) is 0 Å². The summed E-state index contributed by atoms with van der Waals surface area (Å²) in [5.41, 5.74) is -9.91. The smallest absolute Gasteiger partial charge is 0.346 e. The molecule has 0 aliphatic rings. The molecule has 17 heteroatoms. The molecule has 0 fully saturated rings. The molecule has 0 heterocycles. The molecule has 0 aliphatic carbocycles. The van der Waals surface area contributed by atoms with Crippen LogP contribution < -0.4 is 0 Å². The number of aromatic carboxylic acids is 6. The summed E-state index contributed by atoms with van der Waals surface area (Å²) in [6.45, 7) is 0. The summed E-state index contributed by atoms with van der Waals surface area (Å²) in [5, 5.41) is 53.2. The average molecular weight is 559 g/mol. The highest BCUT2D eigenvalue weighted by Gasteiger charge is 2.35. The number of benzene rings is 2. The van der Waals surface area contributed by atoms with Crippen molar-refractivity contribution in [3.8, 4) is 0 Å². The van der Waals surface area contributed by atoms with Crippen molar-refractivity contribution in [3.05, 3.63) is 66.7 Å². The molecule has 2 rings (SSSR count). The van der Waals surface area contributed by atoms with Gasteiger partial charge in [0.25, 0.3) is 0 Å². The number of rotatable bonds is 8. The lowest BCUT2D eigenvalue weighted by molar-refractivity contribution is 0.0385. The zero-order chi connectivity index (χ0) is 28.5. The van der Waals surface area contributed by atoms with Gasteiger partial charge >= 0.3 is 47.8 Å². The maximum Gasteiger partial charge on any atom is 0.346 e. The molecular weight excluding hydrogens is 551 g/mol. The standard InChI is InChI=1S/C20H8Cl2O15/c21-11-7(15(27)28)3(13(23)24)1-5(9(11)17(31)32)19(35)37-20(36)6-2-4(14(25)26)8(16(29)30)12(22)10(6)18(33)34/h1-2H,(H,23,24)(H,25,26)(H,27,28)(H,29,30)(H,31,32)(H,33,34). The summed E-state index contributed by atoms with van der Waals surface area (Å²) < 4.78 is 4.38. The van der Waals surface area contributed by atoms with Crippen molar-refractivity contribution in [2.75, 3.05) is 0 Å². The number of halogens is 2. The van der Waals surface area contributed by atoms with E-state index in [1.165, 1.54) is 0 Å². The Kier molecular flexibility index (Phi) is 7.86. The molecule has 37 heavy (non-hydrogen) atoms. The molecule has 2 aromatic rings. The number of hydrogen-bond donors (Lipinski definition) is 6. The van der Waals surface area contributed by atoms with E-state index >= 15 is 0 Å². The van der Waals surface area contributed by atoms with Crippen LogP contribution in [0, 0.1) is 0 Å². The zero-order valence-electron chi connectivity index (χ0n) is 17.3. The number of hydrogen-bond acceptors (Lipinski definition) is 9. The lowest BCUT2D eigenvalue weighted by atomic mass is 9.97. The summed E-state index contributed by atoms with van der Waals surface area (Å²) in [5.74, 6) is -16.0. The van der Waals surface area contributed by atoms with E-state index in [-0.39, 0.29) is 12.1 Å². The van der Waals surface area contributed by atoms with Crippen LogP contribution in [-0.2, 0) is 4.74 Å². The predicted octanol–water partition coefficient (Wildman–Crippen LogP) is 2.18. The molecule has 0 aliphatic heterocycles. The van der Waals surface area contributed by atoms with Crippen molar-refractivity contribution < 1.29 is 73.7 Å². The molecule has 0 saturated heterocycles. The minimum atomic E-state index is -2.06. The summed E-state index contributed by atoms with van der Waals surface area (Å²) in [6, 6.07) is 0.441. The van der Waals surface area contributed by atoms with Gasteiger partial charge < -0.3 is 35.4 Å². The van der Waals surface area contributed by atoms with Crippen LogP contribution in [-0.4, -0.2) is 78.4 Å². The van der Waals surface area contributed by atoms with Crippen LogP contribution in [0.25, 0.3) is 0 Å². The van der Waals surface area contributed by atoms with Crippen molar-refractivity contribution in [2.24, 2.45) is 0 Å². The monoisotopic (exact) mass is 558 g/mol. The van der Waals surface area contributed by atoms with Gasteiger partial charge in [0.1, 0.15) is 0 Å². The highest BCUT2D eigenvalue weighted by atomic mass is 35.5. The summed E-state index contributed by atoms with van der Waals surface area (Å²) in [7, 11) is 0. The Morgan fingerprint density at radius 2 is 0.703 bits per heavy atom. The van der Waals surface area contributed by atoms with Gasteiger partial charge in [-0.3, -0.25) is 0 Å². The van der Waals surface area contributed by atoms with Crippen molar-refractivity contribution in [1.82, 2.24) is 0 Å². The Balaban J connectivity index is 2.78. The molecule has 0 radical (unpaired) electrons. The summed E-state index contributed by atoms with van der Waals surface area (Å²) in [4.78, 5) is 94.2. The third-order valence-electron chi connectivity index (χ3n) is 4.47. The molecular formula is C20H8Cl2O15. The first-order valence-corrected chi connectivity index (χ1v) is 9.67. The maximum absolute atomic E-state index is 12.6.